The molecule has 4 N–H and O–H groups in total. The van der Waals surface area contributed by atoms with Gasteiger partial charge in [0.1, 0.15) is 16.8 Å². The van der Waals surface area contributed by atoms with E-state index in [9.17, 15) is 10.2 Å². The van der Waals surface area contributed by atoms with Gasteiger partial charge in [-0.25, -0.2) is 0 Å². The molecule has 0 spiro atoms. The van der Waals surface area contributed by atoms with Crippen molar-refractivity contribution in [2.24, 2.45) is 0 Å². The van der Waals surface area contributed by atoms with Crippen LogP contribution in [0.15, 0.2) is 118 Å². The average Bonchev–Trinajstić information content (AvgIpc) is 1.49. The van der Waals surface area contributed by atoms with E-state index in [-0.39, 0.29) is 78.5 Å². The molecule has 7 heteroatoms. The standard InChI is InChI=1S/C30H32O2.C24H20.C20H18Br2.C5H8O.K.H2O/c1-27(2,31)17-11-21-7-9-23-24-10-8-22(12-18-28(3,4)32)20-26(24)30-15-5-13-29(30,14-6-16-30)25(23)19-21;1-3-17-7-9-19-20-10-8-18(4-2)16-22(20)24-13-5-11-23(24,12-6-14-24)21(19)15-17;21-13-3-5-15-16-6-4-14(22)12-18(16)20-8-1-7-19(20,9-2-10-20)17(15)11-13;1-4-5(2,3)6;;/h7-10,19-20,31-32H,5-6,13-16H2,1-4H3;1-2,7-10,15-16H,5-6,11-14H2;3-6,11-12H,1-2,7-10H2;1,6H,2-3H3;;1H2/q;;;;+1;/p-1. The molecule has 6 fully saturated rings. The molecule has 86 heavy (non-hydrogen) atoms. The van der Waals surface area contributed by atoms with E-state index in [1.807, 2.05) is 0 Å². The van der Waals surface area contributed by atoms with Gasteiger partial charge in [-0.1, -0.05) is 148 Å². The predicted molar refractivity (Wildman–Crippen MR) is 353 cm³/mol. The summed E-state index contributed by atoms with van der Waals surface area (Å²) in [6.45, 7) is 10.0. The van der Waals surface area contributed by atoms with Gasteiger partial charge in [0.2, 0.25) is 0 Å². The summed E-state index contributed by atoms with van der Waals surface area (Å²) in [5.74, 6) is 20.2. The zero-order valence-electron chi connectivity index (χ0n) is 51.4. The zero-order valence-corrected chi connectivity index (χ0v) is 57.7. The molecule has 0 aliphatic heterocycles. The summed E-state index contributed by atoms with van der Waals surface area (Å²) in [7, 11) is 0. The third-order valence-corrected chi connectivity index (χ3v) is 22.7. The van der Waals surface area contributed by atoms with Crippen LogP contribution in [0.5, 0.6) is 0 Å². The Morgan fingerprint density at radius 3 is 0.779 bits per heavy atom. The van der Waals surface area contributed by atoms with Gasteiger partial charge in [-0.3, -0.25) is 0 Å². The van der Waals surface area contributed by atoms with Crippen LogP contribution in [0.4, 0.5) is 0 Å². The van der Waals surface area contributed by atoms with E-state index in [2.05, 4.69) is 182 Å². The van der Waals surface area contributed by atoms with Crippen LogP contribution < -0.4 is 51.4 Å². The fourth-order valence-corrected chi connectivity index (χ4v) is 19.4. The van der Waals surface area contributed by atoms with Crippen LogP contribution in [-0.4, -0.2) is 37.6 Å². The minimum atomic E-state index is -0.994. The first-order valence-electron chi connectivity index (χ1n) is 30.8. The van der Waals surface area contributed by atoms with Crippen LogP contribution in [0.3, 0.4) is 0 Å². The first-order valence-corrected chi connectivity index (χ1v) is 32.4. The molecule has 0 aromatic heterocycles. The Morgan fingerprint density at radius 2 is 0.558 bits per heavy atom. The molecule has 15 rings (SSSR count). The quantitative estimate of drug-likeness (QED) is 0.104. The van der Waals surface area contributed by atoms with Gasteiger partial charge in [0.05, 0.1) is 0 Å². The van der Waals surface area contributed by atoms with Gasteiger partial charge in [-0.2, -0.15) is 0 Å². The molecule has 0 saturated heterocycles. The number of aliphatic hydroxyl groups is 3. The molecule has 0 heterocycles. The fourth-order valence-electron chi connectivity index (χ4n) is 18.7. The molecule has 0 radical (unpaired) electrons. The van der Waals surface area contributed by atoms with Gasteiger partial charge < -0.3 is 20.8 Å². The van der Waals surface area contributed by atoms with E-state index in [0.29, 0.717) is 10.8 Å². The number of benzene rings is 6. The van der Waals surface area contributed by atoms with Crippen LogP contribution in [-0.2, 0) is 32.5 Å². The van der Waals surface area contributed by atoms with E-state index in [4.69, 9.17) is 24.4 Å². The maximum absolute atomic E-state index is 10.1. The molecule has 6 saturated carbocycles. The molecule has 9 aliphatic rings. The van der Waals surface area contributed by atoms with Crippen molar-refractivity contribution in [3.05, 3.63) is 174 Å². The molecule has 434 valence electrons. The number of rotatable bonds is 0. The summed E-state index contributed by atoms with van der Waals surface area (Å²) >= 11 is 7.45. The summed E-state index contributed by atoms with van der Waals surface area (Å²) in [5.41, 5.74) is 20.3. The van der Waals surface area contributed by atoms with Gasteiger partial charge >= 0.3 is 51.4 Å². The normalized spacial score (nSPS) is 26.3. The molecule has 0 atom stereocenters. The Labute approximate surface area is 572 Å². The van der Waals surface area contributed by atoms with E-state index in [1.54, 1.807) is 52.7 Å². The second-order valence-corrected chi connectivity index (χ2v) is 29.5. The first-order chi connectivity index (χ1) is 40.0. The Kier molecular flexibility index (Phi) is 17.8. The molecule has 4 nitrogen and oxygen atoms in total. The number of hydrogen-bond acceptors (Lipinski definition) is 4. The Bertz CT molecular complexity index is 3680. The maximum atomic E-state index is 10.1. The smallest absolute Gasteiger partial charge is 0.870 e. The van der Waals surface area contributed by atoms with Crippen LogP contribution >= 0.6 is 31.9 Å². The Balaban J connectivity index is 0.000000137. The van der Waals surface area contributed by atoms with Crippen LogP contribution in [0.1, 0.15) is 213 Å². The monoisotopic (exact) mass is 1290 g/mol. The molecule has 6 aromatic rings. The van der Waals surface area contributed by atoms with E-state index in [1.165, 1.54) is 180 Å². The van der Waals surface area contributed by atoms with Crippen molar-refractivity contribution in [3.63, 3.8) is 0 Å². The third-order valence-electron chi connectivity index (χ3n) is 21.7. The van der Waals surface area contributed by atoms with E-state index >= 15 is 0 Å². The molecule has 6 aromatic carbocycles. The Hall–Kier alpha value is -4.44. The summed E-state index contributed by atoms with van der Waals surface area (Å²) < 4.78 is 2.46. The predicted octanol–water partition coefficient (Wildman–Crippen LogP) is 14.6. The molecule has 0 amide bonds. The summed E-state index contributed by atoms with van der Waals surface area (Å²) in [4.78, 5) is 0. The van der Waals surface area contributed by atoms with Crippen LogP contribution in [0, 0.1) is 60.7 Å². The Morgan fingerprint density at radius 1 is 0.349 bits per heavy atom. The second kappa shape index (κ2) is 23.7. The van der Waals surface area contributed by atoms with Crippen molar-refractivity contribution in [2.45, 2.75) is 206 Å². The van der Waals surface area contributed by atoms with Crippen LogP contribution in [0.2, 0.25) is 0 Å². The van der Waals surface area contributed by atoms with Crippen molar-refractivity contribution < 1.29 is 72.2 Å². The molecular weight excluding hydrogens is 1210 g/mol. The van der Waals surface area contributed by atoms with Gasteiger partial charge in [0.25, 0.3) is 0 Å². The summed E-state index contributed by atoms with van der Waals surface area (Å²) in [6.07, 6.45) is 39.6. The van der Waals surface area contributed by atoms with Crippen LogP contribution in [0.25, 0.3) is 33.4 Å². The van der Waals surface area contributed by atoms with Crippen molar-refractivity contribution >= 4 is 31.9 Å². The third kappa shape index (κ3) is 10.6. The van der Waals surface area contributed by atoms with Gasteiger partial charge in [0, 0.05) is 63.7 Å². The minimum absolute atomic E-state index is 0. The minimum Gasteiger partial charge on any atom is -0.870 e. The first kappa shape index (κ1) is 64.5. The molecule has 0 bridgehead atoms. The fraction of sp³-hybridized carbons (Fsp3) is 0.418. The van der Waals surface area contributed by atoms with Gasteiger partial charge in [-0.05, 0) is 258 Å². The topological polar surface area (TPSA) is 90.7 Å². The van der Waals surface area contributed by atoms with Gasteiger partial charge in [-0.15, -0.1) is 19.3 Å². The van der Waals surface area contributed by atoms with Crippen molar-refractivity contribution in [1.82, 2.24) is 0 Å². The number of fused-ring (bicyclic) bond motifs is 9. The number of hydrogen-bond donors (Lipinski definition) is 3. The molecular formula is C79H79Br2KO4. The number of terminal acetylenes is 3. The van der Waals surface area contributed by atoms with Crippen molar-refractivity contribution in [3.8, 4) is 94.1 Å². The maximum Gasteiger partial charge on any atom is 1.00 e. The largest absolute Gasteiger partial charge is 1.00 e. The van der Waals surface area contributed by atoms with E-state index in [0.717, 1.165) is 22.3 Å². The zero-order chi connectivity index (χ0) is 59.3. The summed E-state index contributed by atoms with van der Waals surface area (Å²) in [6, 6.07) is 40.5. The van der Waals surface area contributed by atoms with Gasteiger partial charge in [0.15, 0.2) is 0 Å². The average molecular weight is 1290 g/mol. The molecule has 9 aliphatic carbocycles. The van der Waals surface area contributed by atoms with Crippen molar-refractivity contribution in [1.29, 1.82) is 0 Å². The molecule has 0 unspecified atom stereocenters. The summed E-state index contributed by atoms with van der Waals surface area (Å²) in [5, 5.41) is 28.7. The second-order valence-electron chi connectivity index (χ2n) is 27.6. The van der Waals surface area contributed by atoms with E-state index < -0.39 is 16.8 Å². The number of halogens is 2. The van der Waals surface area contributed by atoms with Crippen molar-refractivity contribution in [2.75, 3.05) is 0 Å². The SMILES string of the molecule is Brc1ccc2c(c1)C13CCCC1(CCC3)c1cc(Br)ccc1-2.C#CC(C)(C)O.C#Cc1ccc2c(c1)C13CCCC1(CCC3)c1cc(C#C)ccc1-2.CC(C)(O)C#Cc1ccc2c(c1)C13CCCC1(CCC3)c1cc(C#CC(C)(C)O)ccc1-2.[K+].[OH-].